The van der Waals surface area contributed by atoms with Crippen molar-refractivity contribution in [2.24, 2.45) is 0 Å². The zero-order valence-electron chi connectivity index (χ0n) is 17.4. The standard InChI is InChI=1S/C30H20N2/c1-2-10-23(11-3-1)31-19-18-27-28(31)17-16-26-25-12-6-7-13-29(25)32(30(26)27)24-15-14-21-8-4-5-9-22(21)20-24/h1-20H. The SMILES string of the molecule is c1ccc(-n2ccc3c2ccc2c4ccccc4n(-c4ccc5ccccc5c4)c23)cc1. The quantitative estimate of drug-likeness (QED) is 0.275. The van der Waals surface area contributed by atoms with E-state index in [1.54, 1.807) is 0 Å². The first-order valence-corrected chi connectivity index (χ1v) is 11.0. The van der Waals surface area contributed by atoms with Gasteiger partial charge in [-0.25, -0.2) is 0 Å². The van der Waals surface area contributed by atoms with E-state index in [0.29, 0.717) is 0 Å². The fraction of sp³-hybridized carbons (Fsp3) is 0. The molecule has 0 atom stereocenters. The van der Waals surface area contributed by atoms with E-state index >= 15 is 0 Å². The van der Waals surface area contributed by atoms with Gasteiger partial charge in [-0.1, -0.05) is 72.8 Å². The molecule has 5 aromatic carbocycles. The number of hydrogen-bond donors (Lipinski definition) is 0. The average molecular weight is 409 g/mol. The molecule has 2 heterocycles. The van der Waals surface area contributed by atoms with Crippen LogP contribution in [-0.2, 0) is 0 Å². The lowest BCUT2D eigenvalue weighted by atomic mass is 10.1. The van der Waals surface area contributed by atoms with Crippen molar-refractivity contribution in [2.45, 2.75) is 0 Å². The molecular formula is C30H20N2. The third-order valence-electron chi connectivity index (χ3n) is 6.53. The van der Waals surface area contributed by atoms with E-state index in [2.05, 4.69) is 131 Å². The van der Waals surface area contributed by atoms with E-state index in [-0.39, 0.29) is 0 Å². The molecule has 0 aliphatic carbocycles. The molecule has 0 saturated carbocycles. The average Bonchev–Trinajstić information content (AvgIpc) is 3.44. The Morgan fingerprint density at radius 1 is 0.438 bits per heavy atom. The van der Waals surface area contributed by atoms with Crippen molar-refractivity contribution in [1.29, 1.82) is 0 Å². The van der Waals surface area contributed by atoms with Crippen molar-refractivity contribution < 1.29 is 0 Å². The van der Waals surface area contributed by atoms with Crippen molar-refractivity contribution in [3.63, 3.8) is 0 Å². The fourth-order valence-corrected chi connectivity index (χ4v) is 5.07. The van der Waals surface area contributed by atoms with Gasteiger partial charge in [0.25, 0.3) is 0 Å². The fourth-order valence-electron chi connectivity index (χ4n) is 5.07. The van der Waals surface area contributed by atoms with Gasteiger partial charge in [0.1, 0.15) is 0 Å². The van der Waals surface area contributed by atoms with E-state index in [4.69, 9.17) is 0 Å². The second-order valence-corrected chi connectivity index (χ2v) is 8.30. The number of nitrogens with zero attached hydrogens (tertiary/aromatic N) is 2. The predicted molar refractivity (Wildman–Crippen MR) is 135 cm³/mol. The first kappa shape index (κ1) is 17.4. The molecule has 0 N–H and O–H groups in total. The van der Waals surface area contributed by atoms with Crippen molar-refractivity contribution in [3.8, 4) is 11.4 Å². The predicted octanol–water partition coefficient (Wildman–Crippen LogP) is 7.88. The highest BCUT2D eigenvalue weighted by atomic mass is 15.0. The van der Waals surface area contributed by atoms with Gasteiger partial charge in [-0.05, 0) is 53.2 Å². The normalized spacial score (nSPS) is 11.8. The van der Waals surface area contributed by atoms with Gasteiger partial charge in [-0.3, -0.25) is 0 Å². The molecule has 0 fully saturated rings. The maximum atomic E-state index is 2.43. The highest BCUT2D eigenvalue weighted by molar-refractivity contribution is 6.18. The van der Waals surface area contributed by atoms with Crippen LogP contribution in [0, 0.1) is 0 Å². The minimum atomic E-state index is 1.18. The Kier molecular flexibility index (Phi) is 3.58. The Labute approximate surface area is 185 Å². The van der Waals surface area contributed by atoms with Crippen LogP contribution < -0.4 is 0 Å². The van der Waals surface area contributed by atoms with Crippen LogP contribution in [0.4, 0.5) is 0 Å². The zero-order chi connectivity index (χ0) is 21.1. The minimum absolute atomic E-state index is 1.18. The molecule has 7 aromatic rings. The van der Waals surface area contributed by atoms with Crippen LogP contribution >= 0.6 is 0 Å². The Bertz CT molecular complexity index is 1770. The summed E-state index contributed by atoms with van der Waals surface area (Å²) < 4.78 is 4.70. The third-order valence-corrected chi connectivity index (χ3v) is 6.53. The summed E-state index contributed by atoms with van der Waals surface area (Å²) >= 11 is 0. The Hall–Kier alpha value is -4.30. The molecule has 0 aliphatic heterocycles. The second kappa shape index (κ2) is 6.60. The van der Waals surface area contributed by atoms with Crippen LogP contribution in [0.5, 0.6) is 0 Å². The van der Waals surface area contributed by atoms with Crippen LogP contribution in [0.1, 0.15) is 0 Å². The molecule has 0 spiro atoms. The Morgan fingerprint density at radius 3 is 2.12 bits per heavy atom. The molecule has 150 valence electrons. The van der Waals surface area contributed by atoms with E-state index in [1.165, 1.54) is 54.9 Å². The molecule has 0 unspecified atom stereocenters. The van der Waals surface area contributed by atoms with Crippen LogP contribution in [-0.4, -0.2) is 9.13 Å². The summed E-state index contributed by atoms with van der Waals surface area (Å²) in [5, 5.41) is 6.34. The molecule has 2 nitrogen and oxygen atoms in total. The van der Waals surface area contributed by atoms with E-state index in [1.807, 2.05) is 0 Å². The molecule has 7 rings (SSSR count). The van der Waals surface area contributed by atoms with Gasteiger partial charge in [-0.15, -0.1) is 0 Å². The van der Waals surface area contributed by atoms with Crippen LogP contribution in [0.2, 0.25) is 0 Å². The molecular weight excluding hydrogens is 388 g/mol. The summed E-state index contributed by atoms with van der Waals surface area (Å²) in [6, 6.07) is 41.4. The number of fused-ring (bicyclic) bond motifs is 6. The van der Waals surface area contributed by atoms with Gasteiger partial charge < -0.3 is 9.13 Å². The second-order valence-electron chi connectivity index (χ2n) is 8.30. The van der Waals surface area contributed by atoms with Gasteiger partial charge >= 0.3 is 0 Å². The van der Waals surface area contributed by atoms with Gasteiger partial charge in [-0.2, -0.15) is 0 Å². The summed E-state index contributed by atoms with van der Waals surface area (Å²) in [6.45, 7) is 0. The summed E-state index contributed by atoms with van der Waals surface area (Å²) in [4.78, 5) is 0. The molecule has 0 bridgehead atoms. The monoisotopic (exact) mass is 408 g/mol. The van der Waals surface area contributed by atoms with Crippen molar-refractivity contribution in [2.75, 3.05) is 0 Å². The zero-order valence-corrected chi connectivity index (χ0v) is 17.4. The van der Waals surface area contributed by atoms with Gasteiger partial charge in [0.05, 0.1) is 16.6 Å². The first-order valence-electron chi connectivity index (χ1n) is 11.0. The van der Waals surface area contributed by atoms with Gasteiger partial charge in [0, 0.05) is 33.7 Å². The molecule has 0 saturated heterocycles. The van der Waals surface area contributed by atoms with Crippen LogP contribution in [0.3, 0.4) is 0 Å². The summed E-state index contributed by atoms with van der Waals surface area (Å²) in [5.74, 6) is 0. The summed E-state index contributed by atoms with van der Waals surface area (Å²) in [6.07, 6.45) is 2.18. The number of aromatic nitrogens is 2. The highest BCUT2D eigenvalue weighted by Crippen LogP contribution is 2.38. The first-order chi connectivity index (χ1) is 15.9. The summed E-state index contributed by atoms with van der Waals surface area (Å²) in [7, 11) is 0. The lowest BCUT2D eigenvalue weighted by molar-refractivity contribution is 1.13. The van der Waals surface area contributed by atoms with E-state index in [9.17, 15) is 0 Å². The molecule has 2 heteroatoms. The molecule has 0 radical (unpaired) electrons. The molecule has 2 aromatic heterocycles. The largest absolute Gasteiger partial charge is 0.316 e. The highest BCUT2D eigenvalue weighted by Gasteiger charge is 2.16. The van der Waals surface area contributed by atoms with Crippen LogP contribution in [0.15, 0.2) is 121 Å². The van der Waals surface area contributed by atoms with Crippen LogP contribution in [0.25, 0.3) is 54.9 Å². The Morgan fingerprint density at radius 2 is 1.22 bits per heavy atom. The lowest BCUT2D eigenvalue weighted by Gasteiger charge is -2.11. The molecule has 0 amide bonds. The van der Waals surface area contributed by atoms with E-state index < -0.39 is 0 Å². The van der Waals surface area contributed by atoms with Crippen molar-refractivity contribution in [1.82, 2.24) is 9.13 Å². The number of hydrogen-bond acceptors (Lipinski definition) is 0. The third kappa shape index (κ3) is 2.41. The maximum absolute atomic E-state index is 2.43. The Balaban J connectivity index is 1.62. The van der Waals surface area contributed by atoms with Gasteiger partial charge in [0.2, 0.25) is 0 Å². The topological polar surface area (TPSA) is 9.86 Å². The smallest absolute Gasteiger partial charge is 0.0635 e. The minimum Gasteiger partial charge on any atom is -0.316 e. The van der Waals surface area contributed by atoms with Crippen molar-refractivity contribution in [3.05, 3.63) is 121 Å². The molecule has 32 heavy (non-hydrogen) atoms. The molecule has 0 aliphatic rings. The lowest BCUT2D eigenvalue weighted by Crippen LogP contribution is -1.95. The van der Waals surface area contributed by atoms with Gasteiger partial charge in [0.15, 0.2) is 0 Å². The van der Waals surface area contributed by atoms with Crippen molar-refractivity contribution >= 4 is 43.5 Å². The summed E-state index contributed by atoms with van der Waals surface area (Å²) in [5.41, 5.74) is 6.07. The number of benzene rings is 5. The maximum Gasteiger partial charge on any atom is 0.0635 e. The number of para-hydroxylation sites is 2. The van der Waals surface area contributed by atoms with E-state index in [0.717, 1.165) is 0 Å². The number of rotatable bonds is 2.